The van der Waals surface area contributed by atoms with Gasteiger partial charge in [-0.3, -0.25) is 0 Å². The van der Waals surface area contributed by atoms with Crippen molar-refractivity contribution in [3.63, 3.8) is 0 Å². The Balaban J connectivity index is 0.00000136. The van der Waals surface area contributed by atoms with Gasteiger partial charge < -0.3 is 16.8 Å². The second-order valence-electron chi connectivity index (χ2n) is 6.88. The minimum absolute atomic E-state index is 0.512. The molecule has 0 saturated heterocycles. The van der Waals surface area contributed by atoms with Gasteiger partial charge in [0.15, 0.2) is 0 Å². The van der Waals surface area contributed by atoms with Crippen LogP contribution in [0.5, 0.6) is 0 Å². The highest BCUT2D eigenvalue weighted by Crippen LogP contribution is 2.37. The summed E-state index contributed by atoms with van der Waals surface area (Å²) in [7, 11) is 0. The number of aliphatic imine (C=N–C) groups is 1. The van der Waals surface area contributed by atoms with Gasteiger partial charge in [0.25, 0.3) is 0 Å². The molecule has 5 N–H and O–H groups in total. The Morgan fingerprint density at radius 3 is 2.50 bits per heavy atom. The van der Waals surface area contributed by atoms with E-state index in [9.17, 15) is 0 Å². The fourth-order valence-electron chi connectivity index (χ4n) is 3.69. The van der Waals surface area contributed by atoms with Gasteiger partial charge in [0.2, 0.25) is 0 Å². The van der Waals surface area contributed by atoms with Crippen LogP contribution >= 0.6 is 11.3 Å². The molecular formula is C23H34N4S. The number of thiophene rings is 1. The van der Waals surface area contributed by atoms with Gasteiger partial charge in [0.05, 0.1) is 10.6 Å². The summed E-state index contributed by atoms with van der Waals surface area (Å²) in [6.45, 7) is 11.6. The molecule has 1 aliphatic carbocycles. The molecule has 0 aliphatic heterocycles. The van der Waals surface area contributed by atoms with Gasteiger partial charge in [-0.25, -0.2) is 4.99 Å². The average Bonchev–Trinajstić information content (AvgIpc) is 3.25. The summed E-state index contributed by atoms with van der Waals surface area (Å²) in [5.74, 6) is 1.03. The van der Waals surface area contributed by atoms with Gasteiger partial charge in [-0.05, 0) is 67.3 Å². The Labute approximate surface area is 173 Å². The van der Waals surface area contributed by atoms with Crippen molar-refractivity contribution < 1.29 is 0 Å². The first-order valence-electron chi connectivity index (χ1n) is 10.3. The first-order valence-corrected chi connectivity index (χ1v) is 11.2. The molecule has 1 aromatic carbocycles. The first-order chi connectivity index (χ1) is 13.6. The van der Waals surface area contributed by atoms with Crippen LogP contribution < -0.4 is 16.8 Å². The van der Waals surface area contributed by atoms with Crippen LogP contribution in [-0.4, -0.2) is 18.4 Å². The minimum Gasteiger partial charge on any atom is -0.398 e. The van der Waals surface area contributed by atoms with E-state index in [0.717, 1.165) is 33.9 Å². The van der Waals surface area contributed by atoms with Gasteiger partial charge in [0.1, 0.15) is 5.84 Å². The van der Waals surface area contributed by atoms with Gasteiger partial charge in [-0.1, -0.05) is 39.5 Å². The van der Waals surface area contributed by atoms with Crippen molar-refractivity contribution in [1.29, 1.82) is 0 Å². The molecule has 0 atom stereocenters. The van der Waals surface area contributed by atoms with E-state index < -0.39 is 0 Å². The largest absolute Gasteiger partial charge is 0.398 e. The minimum atomic E-state index is 0.512. The number of anilines is 1. The van der Waals surface area contributed by atoms with Crippen LogP contribution in [0.3, 0.4) is 0 Å². The summed E-state index contributed by atoms with van der Waals surface area (Å²) < 4.78 is 0. The number of amidine groups is 1. The third-order valence-corrected chi connectivity index (χ3v) is 6.01. The van der Waals surface area contributed by atoms with E-state index in [-0.39, 0.29) is 0 Å². The molecule has 1 fully saturated rings. The van der Waals surface area contributed by atoms with E-state index in [1.54, 1.807) is 11.3 Å². The molecule has 1 aromatic heterocycles. The fraction of sp³-hybridized carbons (Fsp3) is 0.435. The number of nitrogen functional groups attached to an aromatic ring is 1. The number of nitrogens with zero attached hydrogens (tertiary/aromatic N) is 1. The summed E-state index contributed by atoms with van der Waals surface area (Å²) in [5.41, 5.74) is 16.1. The van der Waals surface area contributed by atoms with Crippen LogP contribution in [0.25, 0.3) is 5.57 Å². The second kappa shape index (κ2) is 11.0. The lowest BCUT2D eigenvalue weighted by Gasteiger charge is -2.30. The number of allylic oxidation sites excluding steroid dienone is 1. The van der Waals surface area contributed by atoms with Crippen molar-refractivity contribution in [1.82, 2.24) is 5.32 Å². The Bertz CT molecular complexity index is 772. The molecule has 152 valence electrons. The van der Waals surface area contributed by atoms with E-state index in [2.05, 4.69) is 23.8 Å². The van der Waals surface area contributed by atoms with E-state index in [1.807, 2.05) is 49.6 Å². The maximum atomic E-state index is 6.32. The van der Waals surface area contributed by atoms with Crippen LogP contribution in [0.15, 0.2) is 47.3 Å². The van der Waals surface area contributed by atoms with E-state index in [1.165, 1.54) is 25.7 Å². The number of hydrogen-bond donors (Lipinski definition) is 3. The fourth-order valence-corrected chi connectivity index (χ4v) is 4.31. The van der Waals surface area contributed by atoms with Gasteiger partial charge in [-0.15, -0.1) is 11.3 Å². The highest BCUT2D eigenvalue weighted by molar-refractivity contribution is 7.12. The van der Waals surface area contributed by atoms with E-state index in [4.69, 9.17) is 11.5 Å². The highest BCUT2D eigenvalue weighted by Gasteiger charge is 2.23. The van der Waals surface area contributed by atoms with Crippen molar-refractivity contribution in [2.75, 3.05) is 12.3 Å². The number of hydrogen-bond acceptors (Lipinski definition) is 4. The Morgan fingerprint density at radius 1 is 1.21 bits per heavy atom. The molecule has 1 heterocycles. The van der Waals surface area contributed by atoms with Crippen LogP contribution in [-0.2, 0) is 0 Å². The molecule has 5 heteroatoms. The van der Waals surface area contributed by atoms with Crippen molar-refractivity contribution >= 4 is 34.1 Å². The summed E-state index contributed by atoms with van der Waals surface area (Å²) in [6.07, 6.45) is 4.75. The highest BCUT2D eigenvalue weighted by atomic mass is 32.1. The molecule has 0 unspecified atom stereocenters. The zero-order valence-electron chi connectivity index (χ0n) is 17.4. The molecule has 2 aromatic rings. The lowest BCUT2D eigenvalue weighted by atomic mass is 9.79. The predicted molar refractivity (Wildman–Crippen MR) is 125 cm³/mol. The third kappa shape index (κ3) is 5.69. The normalized spacial score (nSPS) is 19.6. The van der Waals surface area contributed by atoms with Gasteiger partial charge >= 0.3 is 0 Å². The molecule has 1 saturated carbocycles. The second-order valence-corrected chi connectivity index (χ2v) is 7.83. The number of rotatable bonds is 6. The van der Waals surface area contributed by atoms with Gasteiger partial charge in [0, 0.05) is 17.3 Å². The molecule has 1 aliphatic rings. The molecule has 0 amide bonds. The summed E-state index contributed by atoms with van der Waals surface area (Å²) >= 11 is 1.58. The van der Waals surface area contributed by atoms with Crippen molar-refractivity contribution in [3.8, 4) is 0 Å². The maximum absolute atomic E-state index is 6.32. The smallest absolute Gasteiger partial charge is 0.141 e. The standard InChI is InChI=1S/C21H28N4S.C2H6/c1-3-24-16-8-6-15(7-9-16)14(2)18-11-10-17(13-19(18)22)25-21(23)20-5-4-12-26-20;1-2/h4-5,10-13,15-16,24H,2-3,6-9,22H2,1H3,(H2,23,25);1-2H3. The number of nitrogens with one attached hydrogen (secondary N) is 1. The molecule has 0 bridgehead atoms. The zero-order chi connectivity index (χ0) is 20.5. The Hall–Kier alpha value is -2.11. The summed E-state index contributed by atoms with van der Waals surface area (Å²) in [5, 5.41) is 5.54. The predicted octanol–water partition coefficient (Wildman–Crippen LogP) is 5.58. The van der Waals surface area contributed by atoms with Crippen LogP contribution in [0, 0.1) is 5.92 Å². The van der Waals surface area contributed by atoms with E-state index in [0.29, 0.717) is 17.8 Å². The molecule has 0 spiro atoms. The maximum Gasteiger partial charge on any atom is 0.141 e. The zero-order valence-corrected chi connectivity index (χ0v) is 18.2. The molecular weight excluding hydrogens is 364 g/mol. The Kier molecular flexibility index (Phi) is 8.74. The molecule has 28 heavy (non-hydrogen) atoms. The average molecular weight is 399 g/mol. The van der Waals surface area contributed by atoms with Crippen LogP contribution in [0.2, 0.25) is 0 Å². The van der Waals surface area contributed by atoms with Crippen LogP contribution in [0.1, 0.15) is 56.9 Å². The quantitative estimate of drug-likeness (QED) is 0.338. The first kappa shape index (κ1) is 22.2. The number of nitrogens with two attached hydrogens (primary N) is 2. The van der Waals surface area contributed by atoms with Crippen molar-refractivity contribution in [3.05, 3.63) is 52.7 Å². The lowest BCUT2D eigenvalue weighted by molar-refractivity contribution is 0.338. The van der Waals surface area contributed by atoms with Gasteiger partial charge in [-0.2, -0.15) is 0 Å². The van der Waals surface area contributed by atoms with Crippen molar-refractivity contribution in [2.24, 2.45) is 16.6 Å². The Morgan fingerprint density at radius 2 is 1.93 bits per heavy atom. The SMILES string of the molecule is C=C(c1ccc(N=C(N)c2cccs2)cc1N)C1CCC(NCC)CC1.CC. The molecule has 3 rings (SSSR count). The number of benzene rings is 1. The van der Waals surface area contributed by atoms with Crippen molar-refractivity contribution in [2.45, 2.75) is 52.5 Å². The summed E-state index contributed by atoms with van der Waals surface area (Å²) in [4.78, 5) is 5.46. The van der Waals surface area contributed by atoms with Crippen LogP contribution in [0.4, 0.5) is 11.4 Å². The monoisotopic (exact) mass is 398 g/mol. The van der Waals surface area contributed by atoms with E-state index >= 15 is 0 Å². The molecule has 0 radical (unpaired) electrons. The summed E-state index contributed by atoms with van der Waals surface area (Å²) in [6, 6.07) is 10.5. The third-order valence-electron chi connectivity index (χ3n) is 5.12. The molecule has 4 nitrogen and oxygen atoms in total. The topological polar surface area (TPSA) is 76.4 Å². The lowest BCUT2D eigenvalue weighted by Crippen LogP contribution is -2.33.